The Morgan fingerprint density at radius 2 is 1.53 bits per heavy atom. The van der Waals surface area contributed by atoms with Gasteiger partial charge < -0.3 is 10.0 Å². The van der Waals surface area contributed by atoms with Crippen LogP contribution in [0.2, 0.25) is 0 Å². The fourth-order valence-corrected chi connectivity index (χ4v) is 2.60. The summed E-state index contributed by atoms with van der Waals surface area (Å²) in [6.45, 7) is 0. The molecule has 0 saturated heterocycles. The quantitative estimate of drug-likeness (QED) is 0.714. The first kappa shape index (κ1) is 11.9. The second-order valence-electron chi connectivity index (χ2n) is 3.46. The van der Waals surface area contributed by atoms with E-state index in [1.807, 2.05) is 0 Å². The van der Waals surface area contributed by atoms with Crippen LogP contribution in [-0.4, -0.2) is 29.6 Å². The van der Waals surface area contributed by atoms with Crippen LogP contribution in [0.25, 0.3) is 0 Å². The third-order valence-corrected chi connectivity index (χ3v) is 4.00. The predicted molar refractivity (Wildman–Crippen MR) is 63.3 cm³/mol. The first-order chi connectivity index (χ1) is 8.01. The molecule has 1 heterocycles. The fraction of sp³-hybridized carbons (Fsp3) is 0. The van der Waals surface area contributed by atoms with Crippen molar-refractivity contribution in [3.63, 3.8) is 0 Å². The lowest BCUT2D eigenvalue weighted by Gasteiger charge is -2.06. The van der Waals surface area contributed by atoms with Gasteiger partial charge in [0, 0.05) is 12.4 Å². The molecule has 0 radical (unpaired) electrons. The van der Waals surface area contributed by atoms with Crippen molar-refractivity contribution in [1.82, 2.24) is 3.97 Å². The summed E-state index contributed by atoms with van der Waals surface area (Å²) in [6.07, 6.45) is 2.87. The van der Waals surface area contributed by atoms with E-state index in [0.29, 0.717) is 0 Å². The Hall–Kier alpha value is -1.57. The van der Waals surface area contributed by atoms with Gasteiger partial charge >= 0.3 is 7.12 Å². The first-order valence-electron chi connectivity index (χ1n) is 4.86. The van der Waals surface area contributed by atoms with Gasteiger partial charge in [-0.2, -0.15) is 0 Å². The number of hydrogen-bond donors (Lipinski definition) is 2. The third-order valence-electron chi connectivity index (χ3n) is 2.33. The highest BCUT2D eigenvalue weighted by molar-refractivity contribution is 7.90. The molecule has 5 nitrogen and oxygen atoms in total. The van der Waals surface area contributed by atoms with Crippen LogP contribution < -0.4 is 5.46 Å². The number of nitrogens with zero attached hydrogens (tertiary/aromatic N) is 1. The van der Waals surface area contributed by atoms with Crippen LogP contribution in [0.3, 0.4) is 0 Å². The van der Waals surface area contributed by atoms with Gasteiger partial charge in [0.2, 0.25) is 0 Å². The second-order valence-corrected chi connectivity index (χ2v) is 5.30. The normalized spacial score (nSPS) is 11.4. The Morgan fingerprint density at radius 3 is 2.00 bits per heavy atom. The van der Waals surface area contributed by atoms with Crippen molar-refractivity contribution in [3.8, 4) is 0 Å². The van der Waals surface area contributed by atoms with Crippen LogP contribution in [-0.2, 0) is 10.0 Å². The van der Waals surface area contributed by atoms with Crippen LogP contribution in [0.4, 0.5) is 0 Å². The second kappa shape index (κ2) is 4.36. The molecule has 2 rings (SSSR count). The van der Waals surface area contributed by atoms with E-state index in [4.69, 9.17) is 10.0 Å². The van der Waals surface area contributed by atoms with Crippen molar-refractivity contribution in [2.24, 2.45) is 0 Å². The molecular weight excluding hydrogens is 241 g/mol. The van der Waals surface area contributed by atoms with Crippen molar-refractivity contribution >= 4 is 22.6 Å². The van der Waals surface area contributed by atoms with Gasteiger partial charge in [0.15, 0.2) is 0 Å². The van der Waals surface area contributed by atoms with E-state index in [-0.39, 0.29) is 10.4 Å². The molecule has 88 valence electrons. The summed E-state index contributed by atoms with van der Waals surface area (Å²) in [4.78, 5) is 0.0955. The molecule has 0 saturated carbocycles. The van der Waals surface area contributed by atoms with Gasteiger partial charge in [-0.3, -0.25) is 0 Å². The maximum Gasteiger partial charge on any atom is 0.488 e. The highest BCUT2D eigenvalue weighted by Gasteiger charge is 2.17. The number of rotatable bonds is 3. The summed E-state index contributed by atoms with van der Waals surface area (Å²) in [5.74, 6) is 0. The minimum atomic E-state index is -3.58. The zero-order chi connectivity index (χ0) is 12.5. The van der Waals surface area contributed by atoms with E-state index in [2.05, 4.69) is 0 Å². The van der Waals surface area contributed by atoms with Gasteiger partial charge in [0.05, 0.1) is 4.90 Å². The molecular formula is C10H10BNO4S. The molecule has 0 amide bonds. The van der Waals surface area contributed by atoms with Crippen molar-refractivity contribution in [3.05, 3.63) is 48.8 Å². The Balaban J connectivity index is 2.42. The van der Waals surface area contributed by atoms with Crippen LogP contribution >= 0.6 is 0 Å². The lowest BCUT2D eigenvalue weighted by atomic mass is 9.81. The summed E-state index contributed by atoms with van der Waals surface area (Å²) in [5, 5.41) is 17.8. The van der Waals surface area contributed by atoms with E-state index in [9.17, 15) is 8.42 Å². The van der Waals surface area contributed by atoms with Crippen molar-refractivity contribution in [2.45, 2.75) is 4.90 Å². The van der Waals surface area contributed by atoms with E-state index >= 15 is 0 Å². The van der Waals surface area contributed by atoms with Gasteiger partial charge in [-0.25, -0.2) is 12.4 Å². The van der Waals surface area contributed by atoms with Crippen molar-refractivity contribution in [1.29, 1.82) is 0 Å². The molecule has 0 aliphatic rings. The monoisotopic (exact) mass is 251 g/mol. The predicted octanol–water partition coefficient (Wildman–Crippen LogP) is -0.595. The van der Waals surface area contributed by atoms with Crippen LogP contribution in [0.5, 0.6) is 0 Å². The lowest BCUT2D eigenvalue weighted by molar-refractivity contribution is 0.425. The van der Waals surface area contributed by atoms with Crippen LogP contribution in [0.15, 0.2) is 53.7 Å². The first-order valence-corrected chi connectivity index (χ1v) is 6.30. The Kier molecular flexibility index (Phi) is 3.06. The Morgan fingerprint density at radius 1 is 1.00 bits per heavy atom. The molecule has 0 unspecified atom stereocenters. The van der Waals surface area contributed by atoms with Gasteiger partial charge in [0.1, 0.15) is 0 Å². The molecule has 1 aromatic heterocycles. The van der Waals surface area contributed by atoms with Gasteiger partial charge in [-0.1, -0.05) is 12.1 Å². The molecule has 2 N–H and O–H groups in total. The average molecular weight is 251 g/mol. The summed E-state index contributed by atoms with van der Waals surface area (Å²) in [7, 11) is -5.18. The largest absolute Gasteiger partial charge is 0.488 e. The molecule has 0 atom stereocenters. The summed E-state index contributed by atoms with van der Waals surface area (Å²) < 4.78 is 25.1. The van der Waals surface area contributed by atoms with Gasteiger partial charge in [-0.15, -0.1) is 0 Å². The lowest BCUT2D eigenvalue weighted by Crippen LogP contribution is -2.29. The molecule has 0 spiro atoms. The zero-order valence-electron chi connectivity index (χ0n) is 8.76. The number of benzene rings is 1. The molecule has 0 bridgehead atoms. The van der Waals surface area contributed by atoms with Crippen LogP contribution in [0, 0.1) is 0 Å². The molecule has 0 aliphatic heterocycles. The average Bonchev–Trinajstić information content (AvgIpc) is 2.83. The topological polar surface area (TPSA) is 79.5 Å². The van der Waals surface area contributed by atoms with Gasteiger partial charge in [0.25, 0.3) is 10.0 Å². The Bertz CT molecular complexity index is 590. The Labute approximate surface area is 99.1 Å². The van der Waals surface area contributed by atoms with E-state index in [1.165, 1.54) is 36.7 Å². The number of hydrogen-bond acceptors (Lipinski definition) is 4. The van der Waals surface area contributed by atoms with Crippen LogP contribution in [0.1, 0.15) is 0 Å². The summed E-state index contributed by atoms with van der Waals surface area (Å²) >= 11 is 0. The summed E-state index contributed by atoms with van der Waals surface area (Å²) in [6, 6.07) is 8.63. The van der Waals surface area contributed by atoms with Gasteiger partial charge in [-0.05, 0) is 29.7 Å². The molecule has 17 heavy (non-hydrogen) atoms. The smallest absolute Gasteiger partial charge is 0.423 e. The molecule has 2 aromatic rings. The number of aromatic nitrogens is 1. The molecule has 7 heteroatoms. The molecule has 1 aromatic carbocycles. The van der Waals surface area contributed by atoms with Crippen molar-refractivity contribution in [2.75, 3.05) is 0 Å². The zero-order valence-corrected chi connectivity index (χ0v) is 9.58. The highest BCUT2D eigenvalue weighted by atomic mass is 32.2. The van der Waals surface area contributed by atoms with E-state index in [0.717, 1.165) is 3.97 Å². The van der Waals surface area contributed by atoms with E-state index in [1.54, 1.807) is 12.1 Å². The molecule has 0 aliphatic carbocycles. The maximum atomic E-state index is 12.0. The minimum Gasteiger partial charge on any atom is -0.423 e. The fourth-order valence-electron chi connectivity index (χ4n) is 1.41. The van der Waals surface area contributed by atoms with Crippen molar-refractivity contribution < 1.29 is 18.5 Å². The maximum absolute atomic E-state index is 12.0. The highest BCUT2D eigenvalue weighted by Crippen LogP contribution is 2.12. The summed E-state index contributed by atoms with van der Waals surface area (Å²) in [5.41, 5.74) is 0.247. The third kappa shape index (κ3) is 2.26. The standard InChI is InChI=1S/C10H10BNO4S/c13-11(14)9-3-5-10(6-4-9)17(15,16)12-7-1-2-8-12/h1-8,13-14H. The minimum absolute atomic E-state index is 0.0955. The SMILES string of the molecule is O=S(=O)(c1ccc(B(O)O)cc1)n1cccc1. The van der Waals surface area contributed by atoms with E-state index < -0.39 is 17.1 Å². The molecule has 0 fully saturated rings.